The average molecular weight is 339 g/mol. The van der Waals surface area contributed by atoms with Crippen molar-refractivity contribution < 1.29 is 9.53 Å². The molecule has 25 heavy (non-hydrogen) atoms. The summed E-state index contributed by atoms with van der Waals surface area (Å²) in [7, 11) is 1.76. The lowest BCUT2D eigenvalue weighted by atomic mass is 9.72. The minimum atomic E-state index is -0.129. The number of methoxy groups -OCH3 is 1. The van der Waals surface area contributed by atoms with Gasteiger partial charge >= 0.3 is 0 Å². The number of aryl methyl sites for hydroxylation is 1. The van der Waals surface area contributed by atoms with Gasteiger partial charge in [0, 0.05) is 18.7 Å². The van der Waals surface area contributed by atoms with E-state index in [1.165, 1.54) is 11.1 Å². The molecule has 2 atom stereocenters. The zero-order valence-corrected chi connectivity index (χ0v) is 14.8. The van der Waals surface area contributed by atoms with Crippen LogP contribution < -0.4 is 10.6 Å². The van der Waals surface area contributed by atoms with Crippen molar-refractivity contribution in [2.24, 2.45) is 0 Å². The summed E-state index contributed by atoms with van der Waals surface area (Å²) in [5.41, 5.74) is 4.13. The van der Waals surface area contributed by atoms with Crippen molar-refractivity contribution in [3.8, 4) is 0 Å². The second-order valence-corrected chi connectivity index (χ2v) is 7.19. The third-order valence-electron chi connectivity index (χ3n) is 5.79. The van der Waals surface area contributed by atoms with Crippen molar-refractivity contribution in [3.63, 3.8) is 0 Å². The summed E-state index contributed by atoms with van der Waals surface area (Å²) in [6.07, 6.45) is 3.85. The van der Waals surface area contributed by atoms with Crippen LogP contribution in [0.1, 0.15) is 46.1 Å². The third kappa shape index (κ3) is 2.58. The van der Waals surface area contributed by atoms with Crippen LogP contribution >= 0.6 is 0 Å². The number of rotatable bonds is 3. The minimum absolute atomic E-state index is 0.0276. The van der Waals surface area contributed by atoms with Gasteiger partial charge in [-0.05, 0) is 55.6 Å². The van der Waals surface area contributed by atoms with Gasteiger partial charge in [-0.15, -0.1) is 0 Å². The maximum atomic E-state index is 12.7. The van der Waals surface area contributed by atoms with E-state index in [0.717, 1.165) is 31.5 Å². The predicted octanol–water partition coefficient (Wildman–Crippen LogP) is 2.44. The van der Waals surface area contributed by atoms with Crippen molar-refractivity contribution in [1.82, 2.24) is 15.6 Å². The van der Waals surface area contributed by atoms with Gasteiger partial charge in [0.05, 0.1) is 12.1 Å². The van der Waals surface area contributed by atoms with E-state index in [1.54, 1.807) is 7.11 Å². The second-order valence-electron chi connectivity index (χ2n) is 7.19. The van der Waals surface area contributed by atoms with E-state index in [2.05, 4.69) is 33.8 Å². The Labute approximate surface area is 148 Å². The number of piperidine rings is 1. The van der Waals surface area contributed by atoms with Gasteiger partial charge in [0.25, 0.3) is 5.91 Å². The quantitative estimate of drug-likeness (QED) is 0.805. The predicted molar refractivity (Wildman–Crippen MR) is 96.8 cm³/mol. The normalized spacial score (nSPS) is 24.2. The lowest BCUT2D eigenvalue weighted by Gasteiger charge is -2.40. The zero-order valence-electron chi connectivity index (χ0n) is 14.8. The number of benzene rings is 1. The Balaban J connectivity index is 1.70. The first-order chi connectivity index (χ1) is 12.2. The Morgan fingerprint density at radius 1 is 1.28 bits per heavy atom. The largest absolute Gasteiger partial charge is 0.378 e. The molecule has 1 saturated heterocycles. The fraction of sp³-hybridized carbons (Fsp3) is 0.450. The number of amides is 1. The number of hydrogen-bond acceptors (Lipinski definition) is 3. The molecule has 2 heterocycles. The average Bonchev–Trinajstić information content (AvgIpc) is 3.17. The molecule has 5 heteroatoms. The van der Waals surface area contributed by atoms with E-state index in [9.17, 15) is 4.79 Å². The van der Waals surface area contributed by atoms with Crippen LogP contribution in [0.3, 0.4) is 0 Å². The molecule has 1 fully saturated rings. The second kappa shape index (κ2) is 6.32. The van der Waals surface area contributed by atoms with Gasteiger partial charge in [-0.2, -0.15) is 0 Å². The molecule has 1 aromatic carbocycles. The molecule has 1 aliphatic carbocycles. The minimum Gasteiger partial charge on any atom is -0.378 e. The fourth-order valence-corrected chi connectivity index (χ4v) is 4.65. The van der Waals surface area contributed by atoms with Crippen molar-refractivity contribution in [3.05, 3.63) is 58.9 Å². The molecule has 1 aromatic heterocycles. The highest BCUT2D eigenvalue weighted by Crippen LogP contribution is 2.51. The summed E-state index contributed by atoms with van der Waals surface area (Å²) in [5.74, 6) is -0.0825. The highest BCUT2D eigenvalue weighted by atomic mass is 16.5. The molecular weight excluding hydrogens is 314 g/mol. The Morgan fingerprint density at radius 2 is 2.04 bits per heavy atom. The van der Waals surface area contributed by atoms with E-state index in [-0.39, 0.29) is 23.5 Å². The number of aromatic amines is 1. The van der Waals surface area contributed by atoms with E-state index < -0.39 is 0 Å². The third-order valence-corrected chi connectivity index (χ3v) is 5.79. The lowest BCUT2D eigenvalue weighted by Crippen LogP contribution is -2.49. The van der Waals surface area contributed by atoms with E-state index in [0.29, 0.717) is 5.69 Å². The molecule has 1 aliphatic heterocycles. The molecule has 3 N–H and O–H groups in total. The van der Waals surface area contributed by atoms with E-state index in [4.69, 9.17) is 4.74 Å². The van der Waals surface area contributed by atoms with Gasteiger partial charge < -0.3 is 20.4 Å². The number of carbonyl (C=O) groups is 1. The van der Waals surface area contributed by atoms with Crippen LogP contribution in [0, 0.1) is 6.92 Å². The monoisotopic (exact) mass is 339 g/mol. The molecule has 1 amide bonds. The SMILES string of the molecule is CO[C@H]1[C@H](NC(=O)c2cc(C)c[nH]2)c2ccccc2C12CCNCC2. The van der Waals surface area contributed by atoms with Crippen LogP contribution in [0.5, 0.6) is 0 Å². The molecule has 0 bridgehead atoms. The number of fused-ring (bicyclic) bond motifs is 2. The van der Waals surface area contributed by atoms with Crippen LogP contribution in [0.4, 0.5) is 0 Å². The van der Waals surface area contributed by atoms with Crippen molar-refractivity contribution in [1.29, 1.82) is 0 Å². The number of hydrogen-bond donors (Lipinski definition) is 3. The lowest BCUT2D eigenvalue weighted by molar-refractivity contribution is 0.00392. The molecule has 2 aromatic rings. The number of aromatic nitrogens is 1. The fourth-order valence-electron chi connectivity index (χ4n) is 4.65. The first-order valence-electron chi connectivity index (χ1n) is 8.94. The topological polar surface area (TPSA) is 66.1 Å². The van der Waals surface area contributed by atoms with Gasteiger partial charge in [-0.1, -0.05) is 24.3 Å². The molecule has 0 unspecified atom stereocenters. The zero-order chi connectivity index (χ0) is 17.4. The summed E-state index contributed by atoms with van der Waals surface area (Å²) < 4.78 is 5.99. The number of ether oxygens (including phenoxy) is 1. The Morgan fingerprint density at radius 3 is 2.72 bits per heavy atom. The van der Waals surface area contributed by atoms with Crippen LogP contribution in [-0.4, -0.2) is 37.2 Å². The number of nitrogens with one attached hydrogen (secondary N) is 3. The summed E-state index contributed by atoms with van der Waals surface area (Å²) in [5, 5.41) is 6.67. The first-order valence-corrected chi connectivity index (χ1v) is 8.94. The standard InChI is InChI=1S/C20H25N3O2/c1-13-11-16(22-12-13)19(24)23-17-14-5-3-4-6-15(14)20(18(17)25-2)7-9-21-10-8-20/h3-6,11-12,17-18,21-22H,7-10H2,1-2H3,(H,23,24)/t17-,18+/m1/s1. The Bertz CT molecular complexity index is 777. The summed E-state index contributed by atoms with van der Waals surface area (Å²) in [4.78, 5) is 15.8. The van der Waals surface area contributed by atoms with Crippen LogP contribution in [-0.2, 0) is 10.2 Å². The summed E-state index contributed by atoms with van der Waals surface area (Å²) >= 11 is 0. The number of H-pyrrole nitrogens is 1. The molecule has 5 nitrogen and oxygen atoms in total. The maximum Gasteiger partial charge on any atom is 0.268 e. The number of carbonyl (C=O) groups excluding carboxylic acids is 1. The van der Waals surface area contributed by atoms with Crippen LogP contribution in [0.25, 0.3) is 0 Å². The Hall–Kier alpha value is -2.11. The summed E-state index contributed by atoms with van der Waals surface area (Å²) in [6.45, 7) is 3.93. The van der Waals surface area contributed by atoms with E-state index >= 15 is 0 Å². The molecule has 0 radical (unpaired) electrons. The van der Waals surface area contributed by atoms with Gasteiger partial charge in [-0.3, -0.25) is 4.79 Å². The highest BCUT2D eigenvalue weighted by molar-refractivity contribution is 5.93. The molecule has 0 saturated carbocycles. The van der Waals surface area contributed by atoms with Crippen molar-refractivity contribution in [2.75, 3.05) is 20.2 Å². The van der Waals surface area contributed by atoms with Gasteiger partial charge in [0.15, 0.2) is 0 Å². The molecular formula is C20H25N3O2. The Kier molecular flexibility index (Phi) is 4.13. The van der Waals surface area contributed by atoms with Gasteiger partial charge in [0.1, 0.15) is 5.69 Å². The first kappa shape index (κ1) is 16.4. The van der Waals surface area contributed by atoms with Crippen LogP contribution in [0.15, 0.2) is 36.5 Å². The molecule has 2 aliphatic rings. The smallest absolute Gasteiger partial charge is 0.268 e. The van der Waals surface area contributed by atoms with E-state index in [1.807, 2.05) is 25.3 Å². The maximum absolute atomic E-state index is 12.7. The van der Waals surface area contributed by atoms with Crippen LogP contribution in [0.2, 0.25) is 0 Å². The van der Waals surface area contributed by atoms with Crippen molar-refractivity contribution in [2.45, 2.75) is 37.3 Å². The van der Waals surface area contributed by atoms with Gasteiger partial charge in [-0.25, -0.2) is 0 Å². The summed E-state index contributed by atoms with van der Waals surface area (Å²) in [6, 6.07) is 10.2. The van der Waals surface area contributed by atoms with Gasteiger partial charge in [0.2, 0.25) is 0 Å². The molecule has 1 spiro atoms. The molecule has 132 valence electrons. The highest BCUT2D eigenvalue weighted by Gasteiger charge is 2.53. The molecule has 4 rings (SSSR count). The van der Waals surface area contributed by atoms with Crippen molar-refractivity contribution >= 4 is 5.91 Å².